The lowest BCUT2D eigenvalue weighted by atomic mass is 10.0. The van der Waals surface area contributed by atoms with Crippen molar-refractivity contribution in [2.75, 3.05) is 4.90 Å². The quantitative estimate of drug-likeness (QED) is 0.157. The Kier molecular flexibility index (Phi) is 8.43. The highest BCUT2D eigenvalue weighted by molar-refractivity contribution is 6.11. The van der Waals surface area contributed by atoms with Crippen LogP contribution < -0.4 is 4.90 Å². The van der Waals surface area contributed by atoms with E-state index in [-0.39, 0.29) is 0 Å². The van der Waals surface area contributed by atoms with E-state index in [0.717, 1.165) is 66.8 Å². The second-order valence-electron chi connectivity index (χ2n) is 13.7. The van der Waals surface area contributed by atoms with E-state index >= 15 is 0 Å². The van der Waals surface area contributed by atoms with Gasteiger partial charge in [-0.05, 0) is 64.7 Å². The molecule has 2 aromatic heterocycles. The summed E-state index contributed by atoms with van der Waals surface area (Å²) in [6.45, 7) is 0. The molecule has 0 saturated carbocycles. The van der Waals surface area contributed by atoms with Crippen molar-refractivity contribution in [2.24, 2.45) is 0 Å². The molecule has 0 aliphatic carbocycles. The summed E-state index contributed by atoms with van der Waals surface area (Å²) in [5, 5.41) is 2.05. The Morgan fingerprint density at radius 1 is 0.321 bits per heavy atom. The van der Waals surface area contributed by atoms with Crippen LogP contribution in [0.5, 0.6) is 0 Å². The second-order valence-corrected chi connectivity index (χ2v) is 13.7. The van der Waals surface area contributed by atoms with Gasteiger partial charge >= 0.3 is 0 Å². The molecule has 0 aliphatic heterocycles. The fourth-order valence-electron chi connectivity index (χ4n) is 7.33. The van der Waals surface area contributed by atoms with E-state index in [4.69, 9.17) is 19.4 Å². The van der Waals surface area contributed by atoms with Gasteiger partial charge in [0.15, 0.2) is 23.1 Å². The lowest BCUT2D eigenvalue weighted by Crippen LogP contribution is -2.10. The number of aromatic nitrogens is 3. The van der Waals surface area contributed by atoms with Gasteiger partial charge in [0.1, 0.15) is 5.58 Å². The highest BCUT2D eigenvalue weighted by Gasteiger charge is 2.21. The van der Waals surface area contributed by atoms with E-state index in [0.29, 0.717) is 17.5 Å². The zero-order chi connectivity index (χ0) is 37.3. The van der Waals surface area contributed by atoms with Crippen LogP contribution in [0.2, 0.25) is 0 Å². The number of hydrogen-bond donors (Lipinski definition) is 0. The summed E-state index contributed by atoms with van der Waals surface area (Å²) in [4.78, 5) is 17.1. The van der Waals surface area contributed by atoms with E-state index in [2.05, 4.69) is 132 Å². The molecule has 0 radical (unpaired) electrons. The molecule has 0 saturated heterocycles. The van der Waals surface area contributed by atoms with Crippen LogP contribution in [-0.2, 0) is 0 Å². The van der Waals surface area contributed by atoms with Crippen molar-refractivity contribution >= 4 is 39.0 Å². The van der Waals surface area contributed by atoms with Crippen LogP contribution in [0.15, 0.2) is 211 Å². The van der Waals surface area contributed by atoms with Crippen LogP contribution >= 0.6 is 0 Å². The molecule has 0 aliphatic rings. The Labute approximate surface area is 324 Å². The lowest BCUT2D eigenvalue weighted by molar-refractivity contribution is 0.669. The lowest BCUT2D eigenvalue weighted by Gasteiger charge is -2.26. The van der Waals surface area contributed by atoms with Crippen molar-refractivity contribution in [3.63, 3.8) is 0 Å². The van der Waals surface area contributed by atoms with Crippen molar-refractivity contribution in [3.8, 4) is 56.4 Å². The van der Waals surface area contributed by atoms with Crippen molar-refractivity contribution < 1.29 is 4.42 Å². The Balaban J connectivity index is 1.10. The summed E-state index contributed by atoms with van der Waals surface area (Å²) >= 11 is 0. The van der Waals surface area contributed by atoms with Crippen LogP contribution in [-0.4, -0.2) is 15.0 Å². The molecular formula is C51H34N4O. The Morgan fingerprint density at radius 3 is 1.21 bits per heavy atom. The molecule has 0 fully saturated rings. The second kappa shape index (κ2) is 14.3. The van der Waals surface area contributed by atoms with Crippen LogP contribution in [0.1, 0.15) is 0 Å². The molecule has 0 bridgehead atoms. The predicted octanol–water partition coefficient (Wildman–Crippen LogP) is 13.6. The van der Waals surface area contributed by atoms with E-state index in [9.17, 15) is 0 Å². The molecule has 0 spiro atoms. The first-order valence-electron chi connectivity index (χ1n) is 18.7. The number of furan rings is 1. The average molecular weight is 719 g/mol. The molecule has 0 N–H and O–H groups in total. The van der Waals surface area contributed by atoms with Crippen molar-refractivity contribution in [2.45, 2.75) is 0 Å². The summed E-state index contributed by atoms with van der Waals surface area (Å²) in [6.07, 6.45) is 0. The number of fused-ring (bicyclic) bond motifs is 3. The summed E-state index contributed by atoms with van der Waals surface area (Å²) < 4.78 is 6.87. The van der Waals surface area contributed by atoms with Gasteiger partial charge in [-0.25, -0.2) is 15.0 Å². The molecule has 10 rings (SSSR count). The minimum atomic E-state index is 0.582. The number of hydrogen-bond acceptors (Lipinski definition) is 5. The molecule has 264 valence electrons. The van der Waals surface area contributed by atoms with Crippen LogP contribution in [0.3, 0.4) is 0 Å². The third-order valence-corrected chi connectivity index (χ3v) is 10.1. The standard InChI is InChI=1S/C51H34N4O/c1-5-14-35(15-6-1)37-24-29-42(30-25-37)55(43-31-26-38(27-32-43)36-16-7-2-8-17-36)46-23-13-22-45-44-33-28-41(34-47(44)56-48(45)46)51-53-49(39-18-9-3-10-19-39)52-50(54-51)40-20-11-4-12-21-40/h1-34H. The van der Waals surface area contributed by atoms with Gasteiger partial charge in [-0.2, -0.15) is 0 Å². The number of anilines is 3. The first kappa shape index (κ1) is 33.0. The normalized spacial score (nSPS) is 11.2. The fourth-order valence-corrected chi connectivity index (χ4v) is 7.33. The SMILES string of the molecule is c1ccc(-c2ccc(N(c3ccc(-c4ccccc4)cc3)c3cccc4c3oc3cc(-c5nc(-c6ccccc6)nc(-c6ccccc6)n5)ccc34)cc2)cc1. The average Bonchev–Trinajstić information content (AvgIpc) is 3.67. The zero-order valence-electron chi connectivity index (χ0n) is 30.3. The van der Waals surface area contributed by atoms with Crippen LogP contribution in [0.25, 0.3) is 78.4 Å². The van der Waals surface area contributed by atoms with E-state index in [1.165, 1.54) is 11.1 Å². The smallest absolute Gasteiger partial charge is 0.164 e. The summed E-state index contributed by atoms with van der Waals surface area (Å²) in [5.74, 6) is 1.82. The van der Waals surface area contributed by atoms with Gasteiger partial charge in [0.05, 0.1) is 5.69 Å². The molecule has 2 heterocycles. The van der Waals surface area contributed by atoms with Crippen molar-refractivity contribution in [1.82, 2.24) is 15.0 Å². The third kappa shape index (κ3) is 6.27. The highest BCUT2D eigenvalue weighted by atomic mass is 16.3. The summed E-state index contributed by atoms with van der Waals surface area (Å²) in [6, 6.07) is 71.1. The largest absolute Gasteiger partial charge is 0.454 e. The predicted molar refractivity (Wildman–Crippen MR) is 229 cm³/mol. The number of rotatable bonds is 8. The van der Waals surface area contributed by atoms with Crippen LogP contribution in [0, 0.1) is 0 Å². The fraction of sp³-hybridized carbons (Fsp3) is 0. The summed E-state index contributed by atoms with van der Waals surface area (Å²) in [7, 11) is 0. The maximum absolute atomic E-state index is 6.87. The first-order chi connectivity index (χ1) is 27.7. The van der Waals surface area contributed by atoms with Gasteiger partial charge in [-0.15, -0.1) is 0 Å². The maximum Gasteiger partial charge on any atom is 0.164 e. The van der Waals surface area contributed by atoms with E-state index in [1.807, 2.05) is 78.9 Å². The molecule has 5 nitrogen and oxygen atoms in total. The zero-order valence-corrected chi connectivity index (χ0v) is 30.3. The minimum absolute atomic E-state index is 0.582. The molecule has 8 aromatic carbocycles. The molecule has 0 atom stereocenters. The molecule has 0 amide bonds. The molecule has 5 heteroatoms. The van der Waals surface area contributed by atoms with Crippen molar-refractivity contribution in [3.05, 3.63) is 206 Å². The number of nitrogens with zero attached hydrogens (tertiary/aromatic N) is 4. The Bertz CT molecular complexity index is 2790. The van der Waals surface area contributed by atoms with Gasteiger partial charge < -0.3 is 9.32 Å². The molecule has 0 unspecified atom stereocenters. The van der Waals surface area contributed by atoms with Gasteiger partial charge in [-0.3, -0.25) is 0 Å². The highest BCUT2D eigenvalue weighted by Crippen LogP contribution is 2.43. The van der Waals surface area contributed by atoms with Crippen LogP contribution in [0.4, 0.5) is 17.1 Å². The van der Waals surface area contributed by atoms with E-state index < -0.39 is 0 Å². The monoisotopic (exact) mass is 718 g/mol. The third-order valence-electron chi connectivity index (χ3n) is 10.1. The van der Waals surface area contributed by atoms with Gasteiger partial charge in [-0.1, -0.05) is 164 Å². The van der Waals surface area contributed by atoms with E-state index in [1.54, 1.807) is 0 Å². The molecule has 10 aromatic rings. The molecular weight excluding hydrogens is 685 g/mol. The number of benzene rings is 8. The maximum atomic E-state index is 6.87. The van der Waals surface area contributed by atoms with Gasteiger partial charge in [0, 0.05) is 38.8 Å². The van der Waals surface area contributed by atoms with Gasteiger partial charge in [0.25, 0.3) is 0 Å². The van der Waals surface area contributed by atoms with Gasteiger partial charge in [0.2, 0.25) is 0 Å². The number of para-hydroxylation sites is 1. The Morgan fingerprint density at radius 2 is 0.732 bits per heavy atom. The first-order valence-corrected chi connectivity index (χ1v) is 18.7. The molecule has 56 heavy (non-hydrogen) atoms. The minimum Gasteiger partial charge on any atom is -0.454 e. The Hall–Kier alpha value is -7.63. The topological polar surface area (TPSA) is 55.1 Å². The summed E-state index contributed by atoms with van der Waals surface area (Å²) in [5.41, 5.74) is 11.9. The van der Waals surface area contributed by atoms with Crippen molar-refractivity contribution in [1.29, 1.82) is 0 Å².